The maximum absolute atomic E-state index is 12.1. The molecule has 0 radical (unpaired) electrons. The molecule has 98 valence electrons. The second-order valence-corrected chi connectivity index (χ2v) is 5.73. The number of rotatable bonds is 2. The van der Waals surface area contributed by atoms with Gasteiger partial charge in [-0.25, -0.2) is 0 Å². The maximum atomic E-state index is 12.1. The summed E-state index contributed by atoms with van der Waals surface area (Å²) in [5.74, 6) is 0.784. The van der Waals surface area contributed by atoms with E-state index in [2.05, 4.69) is 14.9 Å². The number of piperidine rings is 1. The van der Waals surface area contributed by atoms with E-state index < -0.39 is 0 Å². The highest BCUT2D eigenvalue weighted by Crippen LogP contribution is 2.26. The third-order valence-electron chi connectivity index (χ3n) is 4.07. The van der Waals surface area contributed by atoms with Gasteiger partial charge in [0.25, 0.3) is 5.91 Å². The van der Waals surface area contributed by atoms with E-state index >= 15 is 0 Å². The lowest BCUT2D eigenvalue weighted by Gasteiger charge is -2.34. The lowest BCUT2D eigenvalue weighted by Crippen LogP contribution is -2.43. The summed E-state index contributed by atoms with van der Waals surface area (Å²) in [6, 6.07) is 0.684. The molecule has 5 nitrogen and oxygen atoms in total. The Bertz CT molecular complexity index is 394. The van der Waals surface area contributed by atoms with Gasteiger partial charge in [0.05, 0.1) is 0 Å². The number of carbonyl (C=O) groups excluding carboxylic acids is 1. The number of nitrogens with zero attached hydrogens (tertiary/aromatic N) is 3. The number of likely N-dealkylation sites (tertiary alicyclic amines) is 1. The number of aromatic nitrogens is 2. The zero-order valence-electron chi connectivity index (χ0n) is 10.3. The lowest BCUT2D eigenvalue weighted by molar-refractivity contribution is 0.0668. The minimum Gasteiger partial charge on any atom is -0.337 e. The van der Waals surface area contributed by atoms with Gasteiger partial charge in [-0.2, -0.15) is 0 Å². The standard InChI is InChI=1S/C12H18N4OS/c17-12(11-8-18-15-14-11)16-6-3-9(4-7-16)10-2-1-5-13-10/h8-10,13H,1-7H2. The van der Waals surface area contributed by atoms with Gasteiger partial charge in [0, 0.05) is 24.5 Å². The Labute approximate surface area is 111 Å². The van der Waals surface area contributed by atoms with E-state index in [1.54, 1.807) is 5.38 Å². The fraction of sp³-hybridized carbons (Fsp3) is 0.750. The van der Waals surface area contributed by atoms with Crippen LogP contribution in [0.1, 0.15) is 36.2 Å². The molecule has 1 amide bonds. The molecule has 3 rings (SSSR count). The Morgan fingerprint density at radius 3 is 2.83 bits per heavy atom. The van der Waals surface area contributed by atoms with Gasteiger partial charge in [-0.15, -0.1) is 5.10 Å². The summed E-state index contributed by atoms with van der Waals surface area (Å²) >= 11 is 1.23. The number of hydrogen-bond acceptors (Lipinski definition) is 5. The molecular weight excluding hydrogens is 248 g/mol. The molecule has 0 aromatic carbocycles. The topological polar surface area (TPSA) is 58.1 Å². The van der Waals surface area contributed by atoms with Crippen LogP contribution in [0.3, 0.4) is 0 Å². The first-order chi connectivity index (χ1) is 8.84. The van der Waals surface area contributed by atoms with Crippen LogP contribution < -0.4 is 5.32 Å². The first-order valence-corrected chi connectivity index (χ1v) is 7.48. The van der Waals surface area contributed by atoms with Gasteiger partial charge < -0.3 is 10.2 Å². The molecule has 2 saturated heterocycles. The summed E-state index contributed by atoms with van der Waals surface area (Å²) in [5, 5.41) is 9.16. The summed E-state index contributed by atoms with van der Waals surface area (Å²) in [5.41, 5.74) is 0.498. The molecule has 0 spiro atoms. The number of hydrogen-bond donors (Lipinski definition) is 1. The molecule has 2 aliphatic rings. The molecule has 2 fully saturated rings. The molecule has 0 saturated carbocycles. The monoisotopic (exact) mass is 266 g/mol. The Morgan fingerprint density at radius 2 is 2.22 bits per heavy atom. The van der Waals surface area contributed by atoms with Gasteiger partial charge >= 0.3 is 0 Å². The predicted molar refractivity (Wildman–Crippen MR) is 69.6 cm³/mol. The van der Waals surface area contributed by atoms with E-state index in [0.717, 1.165) is 38.4 Å². The Kier molecular flexibility index (Phi) is 3.56. The first-order valence-electron chi connectivity index (χ1n) is 6.64. The van der Waals surface area contributed by atoms with Crippen molar-refractivity contribution in [2.75, 3.05) is 19.6 Å². The summed E-state index contributed by atoms with van der Waals surface area (Å²) < 4.78 is 3.75. The predicted octanol–water partition coefficient (Wildman–Crippen LogP) is 1.14. The molecule has 2 aliphatic heterocycles. The highest BCUT2D eigenvalue weighted by molar-refractivity contribution is 7.03. The van der Waals surface area contributed by atoms with Crippen molar-refractivity contribution in [3.8, 4) is 0 Å². The minimum absolute atomic E-state index is 0.0431. The summed E-state index contributed by atoms with van der Waals surface area (Å²) in [4.78, 5) is 14.0. The Balaban J connectivity index is 1.55. The van der Waals surface area contributed by atoms with Crippen LogP contribution in [0, 0.1) is 5.92 Å². The van der Waals surface area contributed by atoms with Crippen molar-refractivity contribution >= 4 is 17.4 Å². The van der Waals surface area contributed by atoms with Gasteiger partial charge in [-0.05, 0) is 49.7 Å². The van der Waals surface area contributed by atoms with Crippen LogP contribution in [-0.4, -0.2) is 46.1 Å². The van der Waals surface area contributed by atoms with Crippen molar-refractivity contribution < 1.29 is 4.79 Å². The largest absolute Gasteiger partial charge is 0.337 e. The van der Waals surface area contributed by atoms with Crippen LogP contribution in [0.15, 0.2) is 5.38 Å². The van der Waals surface area contributed by atoms with Gasteiger partial charge in [0.1, 0.15) is 0 Å². The molecule has 1 N–H and O–H groups in total. The second-order valence-electron chi connectivity index (χ2n) is 5.12. The maximum Gasteiger partial charge on any atom is 0.275 e. The Hall–Kier alpha value is -1.01. The van der Waals surface area contributed by atoms with Crippen LogP contribution >= 0.6 is 11.5 Å². The van der Waals surface area contributed by atoms with E-state index in [1.165, 1.54) is 24.4 Å². The minimum atomic E-state index is 0.0431. The van der Waals surface area contributed by atoms with Gasteiger partial charge in [0.2, 0.25) is 0 Å². The molecular formula is C12H18N4OS. The average Bonchev–Trinajstić information content (AvgIpc) is 3.11. The fourth-order valence-electron chi connectivity index (χ4n) is 3.04. The second kappa shape index (κ2) is 5.32. The van der Waals surface area contributed by atoms with Crippen molar-refractivity contribution in [2.45, 2.75) is 31.7 Å². The smallest absolute Gasteiger partial charge is 0.275 e. The summed E-state index contributed by atoms with van der Waals surface area (Å²) in [6.07, 6.45) is 4.82. The molecule has 1 aromatic heterocycles. The van der Waals surface area contributed by atoms with Gasteiger partial charge in [-0.1, -0.05) is 4.49 Å². The summed E-state index contributed by atoms with van der Waals surface area (Å²) in [6.45, 7) is 2.88. The fourth-order valence-corrected chi connectivity index (χ4v) is 3.47. The molecule has 3 heterocycles. The third kappa shape index (κ3) is 2.40. The van der Waals surface area contributed by atoms with Crippen LogP contribution in [0.2, 0.25) is 0 Å². The molecule has 1 unspecified atom stereocenters. The number of carbonyl (C=O) groups is 1. The molecule has 18 heavy (non-hydrogen) atoms. The highest BCUT2D eigenvalue weighted by atomic mass is 32.1. The molecule has 0 aliphatic carbocycles. The number of nitrogens with one attached hydrogen (secondary N) is 1. The molecule has 6 heteroatoms. The van der Waals surface area contributed by atoms with E-state index in [0.29, 0.717) is 11.7 Å². The SMILES string of the molecule is O=C(c1csnn1)N1CCC(C2CCCN2)CC1. The van der Waals surface area contributed by atoms with Crippen molar-refractivity contribution in [1.29, 1.82) is 0 Å². The van der Waals surface area contributed by atoms with Crippen molar-refractivity contribution in [3.63, 3.8) is 0 Å². The lowest BCUT2D eigenvalue weighted by atomic mass is 9.88. The highest BCUT2D eigenvalue weighted by Gasteiger charge is 2.30. The quantitative estimate of drug-likeness (QED) is 0.872. The van der Waals surface area contributed by atoms with Crippen LogP contribution in [-0.2, 0) is 0 Å². The Morgan fingerprint density at radius 1 is 1.39 bits per heavy atom. The third-order valence-corrected chi connectivity index (χ3v) is 4.58. The van der Waals surface area contributed by atoms with Crippen LogP contribution in [0.25, 0.3) is 0 Å². The van der Waals surface area contributed by atoms with Crippen molar-refractivity contribution in [1.82, 2.24) is 19.8 Å². The van der Waals surface area contributed by atoms with Crippen LogP contribution in [0.5, 0.6) is 0 Å². The molecule has 1 atom stereocenters. The number of amides is 1. The molecule has 0 bridgehead atoms. The van der Waals surface area contributed by atoms with E-state index in [1.807, 2.05) is 4.90 Å². The van der Waals surface area contributed by atoms with Gasteiger partial charge in [0.15, 0.2) is 5.69 Å². The zero-order chi connectivity index (χ0) is 12.4. The normalized spacial score (nSPS) is 25.6. The van der Waals surface area contributed by atoms with Gasteiger partial charge in [-0.3, -0.25) is 4.79 Å². The average molecular weight is 266 g/mol. The molecule has 1 aromatic rings. The van der Waals surface area contributed by atoms with Crippen LogP contribution in [0.4, 0.5) is 0 Å². The zero-order valence-corrected chi connectivity index (χ0v) is 11.2. The first kappa shape index (κ1) is 12.0. The summed E-state index contributed by atoms with van der Waals surface area (Å²) in [7, 11) is 0. The van der Waals surface area contributed by atoms with E-state index in [4.69, 9.17) is 0 Å². The van der Waals surface area contributed by atoms with Crippen molar-refractivity contribution in [3.05, 3.63) is 11.1 Å². The van der Waals surface area contributed by atoms with Crippen molar-refractivity contribution in [2.24, 2.45) is 5.92 Å². The van der Waals surface area contributed by atoms with E-state index in [9.17, 15) is 4.79 Å². The van der Waals surface area contributed by atoms with E-state index in [-0.39, 0.29) is 5.91 Å².